The second-order valence-electron chi connectivity index (χ2n) is 6.57. The minimum absolute atomic E-state index is 0.166. The van der Waals surface area contributed by atoms with E-state index in [9.17, 15) is 14.7 Å². The van der Waals surface area contributed by atoms with E-state index in [1.807, 2.05) is 33.9 Å². The van der Waals surface area contributed by atoms with Crippen LogP contribution >= 0.6 is 0 Å². The molecule has 2 unspecified atom stereocenters. The van der Waals surface area contributed by atoms with E-state index in [-0.39, 0.29) is 18.4 Å². The van der Waals surface area contributed by atoms with Crippen LogP contribution in [0.1, 0.15) is 39.3 Å². The quantitative estimate of drug-likeness (QED) is 0.784. The number of amides is 1. The zero-order valence-corrected chi connectivity index (χ0v) is 14.1. The summed E-state index contributed by atoms with van der Waals surface area (Å²) in [6, 6.07) is 1.85. The maximum absolute atomic E-state index is 12.3. The molecule has 1 aromatic heterocycles. The number of carbonyl (C=O) groups excluding carboxylic acids is 1. The summed E-state index contributed by atoms with van der Waals surface area (Å²) >= 11 is 0. The van der Waals surface area contributed by atoms with Crippen LogP contribution in [0.4, 0.5) is 0 Å². The molecular formula is C16H25N3O4. The molecule has 1 heterocycles. The smallest absolute Gasteiger partial charge is 0.330 e. The number of carboxylic acids is 1. The average molecular weight is 323 g/mol. The number of carbonyl (C=O) groups is 2. The normalized spacial score (nSPS) is 25.7. The molecule has 1 aromatic rings. The Labute approximate surface area is 136 Å². The highest BCUT2D eigenvalue weighted by Crippen LogP contribution is 2.51. The van der Waals surface area contributed by atoms with Gasteiger partial charge in [0.2, 0.25) is 5.91 Å². The summed E-state index contributed by atoms with van der Waals surface area (Å²) in [6.07, 6.45) is 2.55. The van der Waals surface area contributed by atoms with Crippen LogP contribution in [0.5, 0.6) is 0 Å². The van der Waals surface area contributed by atoms with Crippen LogP contribution in [0, 0.1) is 5.41 Å². The lowest BCUT2D eigenvalue weighted by molar-refractivity contribution is -0.194. The lowest BCUT2D eigenvalue weighted by Crippen LogP contribution is -2.76. The predicted octanol–water partition coefficient (Wildman–Crippen LogP) is 1.13. The van der Waals surface area contributed by atoms with E-state index in [0.29, 0.717) is 19.4 Å². The van der Waals surface area contributed by atoms with Crippen LogP contribution in [0.15, 0.2) is 12.3 Å². The molecule has 128 valence electrons. The molecule has 1 fully saturated rings. The number of aliphatic carboxylic acids is 1. The molecule has 0 spiro atoms. The molecule has 7 nitrogen and oxygen atoms in total. The third kappa shape index (κ3) is 2.97. The monoisotopic (exact) mass is 323 g/mol. The molecule has 0 bridgehead atoms. The fraction of sp³-hybridized carbons (Fsp3) is 0.688. The molecule has 2 N–H and O–H groups in total. The zero-order valence-electron chi connectivity index (χ0n) is 14.1. The molecule has 7 heteroatoms. The summed E-state index contributed by atoms with van der Waals surface area (Å²) in [5.74, 6) is -1.27. The minimum Gasteiger partial charge on any atom is -0.479 e. The fourth-order valence-electron chi connectivity index (χ4n) is 3.23. The summed E-state index contributed by atoms with van der Waals surface area (Å²) in [5.41, 5.74) is -0.988. The van der Waals surface area contributed by atoms with Crippen molar-refractivity contribution in [3.05, 3.63) is 18.0 Å². The average Bonchev–Trinajstić information content (AvgIpc) is 2.88. The van der Waals surface area contributed by atoms with Gasteiger partial charge in [0.1, 0.15) is 5.54 Å². The summed E-state index contributed by atoms with van der Waals surface area (Å²) in [6.45, 7) is 6.06. The lowest BCUT2D eigenvalue weighted by atomic mass is 9.54. The van der Waals surface area contributed by atoms with Gasteiger partial charge < -0.3 is 15.2 Å². The number of hydrogen-bond acceptors (Lipinski definition) is 4. The Hall–Kier alpha value is -1.89. The van der Waals surface area contributed by atoms with Gasteiger partial charge in [-0.15, -0.1) is 0 Å². The van der Waals surface area contributed by atoms with E-state index in [0.717, 1.165) is 5.69 Å². The number of aromatic nitrogens is 2. The van der Waals surface area contributed by atoms with Crippen LogP contribution in [0.3, 0.4) is 0 Å². The Morgan fingerprint density at radius 2 is 2.22 bits per heavy atom. The van der Waals surface area contributed by atoms with Crippen molar-refractivity contribution in [3.63, 3.8) is 0 Å². The molecular weight excluding hydrogens is 298 g/mol. The van der Waals surface area contributed by atoms with Crippen LogP contribution in [-0.2, 0) is 27.8 Å². The molecule has 1 aliphatic carbocycles. The number of aryl methyl sites for hydroxylation is 2. The van der Waals surface area contributed by atoms with Crippen molar-refractivity contribution in [2.75, 3.05) is 6.61 Å². The van der Waals surface area contributed by atoms with Crippen molar-refractivity contribution in [3.8, 4) is 0 Å². The van der Waals surface area contributed by atoms with Gasteiger partial charge in [0, 0.05) is 43.8 Å². The van der Waals surface area contributed by atoms with Gasteiger partial charge in [-0.25, -0.2) is 4.79 Å². The van der Waals surface area contributed by atoms with Gasteiger partial charge in [-0.1, -0.05) is 13.8 Å². The number of rotatable bonds is 7. The third-order valence-corrected chi connectivity index (χ3v) is 5.01. The topological polar surface area (TPSA) is 93.5 Å². The summed E-state index contributed by atoms with van der Waals surface area (Å²) in [4.78, 5) is 24.1. The number of hydrogen-bond donors (Lipinski definition) is 2. The van der Waals surface area contributed by atoms with E-state index in [1.165, 1.54) is 0 Å². The molecule has 1 saturated carbocycles. The molecule has 1 aliphatic rings. The van der Waals surface area contributed by atoms with Gasteiger partial charge in [0.05, 0.1) is 6.10 Å². The number of carboxylic acid groups (broad SMARTS) is 1. The summed E-state index contributed by atoms with van der Waals surface area (Å²) < 4.78 is 7.30. The van der Waals surface area contributed by atoms with E-state index in [2.05, 4.69) is 10.4 Å². The molecule has 23 heavy (non-hydrogen) atoms. The highest BCUT2D eigenvalue weighted by Gasteiger charge is 2.66. The van der Waals surface area contributed by atoms with Crippen molar-refractivity contribution in [2.45, 2.75) is 51.7 Å². The Bertz CT molecular complexity index is 596. The van der Waals surface area contributed by atoms with Gasteiger partial charge in [-0.3, -0.25) is 9.48 Å². The lowest BCUT2D eigenvalue weighted by Gasteiger charge is -2.58. The van der Waals surface area contributed by atoms with Gasteiger partial charge >= 0.3 is 5.97 Å². The molecule has 0 radical (unpaired) electrons. The van der Waals surface area contributed by atoms with Gasteiger partial charge in [-0.2, -0.15) is 5.10 Å². The maximum Gasteiger partial charge on any atom is 0.330 e. The highest BCUT2D eigenvalue weighted by molar-refractivity contribution is 5.89. The molecule has 0 saturated heterocycles. The van der Waals surface area contributed by atoms with Crippen molar-refractivity contribution in [1.82, 2.24) is 15.1 Å². The van der Waals surface area contributed by atoms with Crippen LogP contribution in [-0.4, -0.2) is 45.0 Å². The fourth-order valence-corrected chi connectivity index (χ4v) is 3.23. The standard InChI is InChI=1S/C16H25N3O4/c1-5-23-12-10-16(14(21)22,15(12,2)3)18-13(20)7-6-11-8-9-17-19(11)4/h8-9,12H,5-7,10H2,1-4H3,(H,18,20)(H,21,22). The SMILES string of the molecule is CCOC1CC(NC(=O)CCc2ccnn2C)(C(=O)O)C1(C)C. The molecule has 2 atom stereocenters. The van der Waals surface area contributed by atoms with Gasteiger partial charge in [0.15, 0.2) is 0 Å². The van der Waals surface area contributed by atoms with Crippen molar-refractivity contribution < 1.29 is 19.4 Å². The van der Waals surface area contributed by atoms with E-state index in [1.54, 1.807) is 10.9 Å². The molecule has 2 rings (SSSR count). The number of ether oxygens (including phenoxy) is 1. The van der Waals surface area contributed by atoms with Crippen molar-refractivity contribution in [1.29, 1.82) is 0 Å². The Morgan fingerprint density at radius 1 is 1.52 bits per heavy atom. The van der Waals surface area contributed by atoms with Crippen molar-refractivity contribution >= 4 is 11.9 Å². The van der Waals surface area contributed by atoms with Crippen molar-refractivity contribution in [2.24, 2.45) is 12.5 Å². The zero-order chi connectivity index (χ0) is 17.3. The summed E-state index contributed by atoms with van der Waals surface area (Å²) in [7, 11) is 1.81. The van der Waals surface area contributed by atoms with E-state index >= 15 is 0 Å². The van der Waals surface area contributed by atoms with E-state index in [4.69, 9.17) is 4.74 Å². The van der Waals surface area contributed by atoms with Crippen LogP contribution in [0.2, 0.25) is 0 Å². The largest absolute Gasteiger partial charge is 0.479 e. The number of nitrogens with zero attached hydrogens (tertiary/aromatic N) is 2. The minimum atomic E-state index is -1.27. The van der Waals surface area contributed by atoms with Gasteiger partial charge in [0.25, 0.3) is 0 Å². The molecule has 0 aromatic carbocycles. The Balaban J connectivity index is 2.02. The van der Waals surface area contributed by atoms with Crippen LogP contribution < -0.4 is 5.32 Å². The third-order valence-electron chi connectivity index (χ3n) is 5.01. The second-order valence-corrected chi connectivity index (χ2v) is 6.57. The Morgan fingerprint density at radius 3 is 2.70 bits per heavy atom. The number of nitrogens with one attached hydrogen (secondary N) is 1. The predicted molar refractivity (Wildman–Crippen MR) is 83.9 cm³/mol. The Kier molecular flexibility index (Phi) is 4.79. The molecule has 1 amide bonds. The first-order chi connectivity index (χ1) is 10.7. The first-order valence-corrected chi connectivity index (χ1v) is 7.87. The van der Waals surface area contributed by atoms with Crippen LogP contribution in [0.25, 0.3) is 0 Å². The summed E-state index contributed by atoms with van der Waals surface area (Å²) in [5, 5.41) is 16.5. The highest BCUT2D eigenvalue weighted by atomic mass is 16.5. The first-order valence-electron chi connectivity index (χ1n) is 7.87. The second kappa shape index (κ2) is 6.31. The van der Waals surface area contributed by atoms with E-state index < -0.39 is 16.9 Å². The van der Waals surface area contributed by atoms with Gasteiger partial charge in [-0.05, 0) is 19.4 Å². The first kappa shape index (κ1) is 17.5. The maximum atomic E-state index is 12.3. The molecule has 0 aliphatic heterocycles.